The highest BCUT2D eigenvalue weighted by Crippen LogP contribution is 2.37. The molecule has 1 fully saturated rings. The highest BCUT2D eigenvalue weighted by Gasteiger charge is 2.39. The molecule has 1 aliphatic rings. The molecule has 37 heavy (non-hydrogen) atoms. The average Bonchev–Trinajstić information content (AvgIpc) is 3.32. The van der Waals surface area contributed by atoms with Gasteiger partial charge in [-0.2, -0.15) is 13.2 Å². The van der Waals surface area contributed by atoms with Crippen molar-refractivity contribution >= 4 is 17.4 Å². The first kappa shape index (κ1) is 28.3. The minimum absolute atomic E-state index is 0.259. The first-order valence-electron chi connectivity index (χ1n) is 11.6. The van der Waals surface area contributed by atoms with Crippen LogP contribution < -0.4 is 20.1 Å². The van der Waals surface area contributed by atoms with Crippen LogP contribution in [0.4, 0.5) is 33.7 Å². The fraction of sp³-hybridized carbons (Fsp3) is 0.500. The Hall–Kier alpha value is -3.32. The van der Waals surface area contributed by atoms with Gasteiger partial charge in [-0.05, 0) is 45.2 Å². The van der Waals surface area contributed by atoms with Crippen molar-refractivity contribution in [1.29, 1.82) is 0 Å². The molecule has 2 aromatic rings. The molecule has 1 aromatic carbocycles. The molecule has 1 aromatic heterocycles. The van der Waals surface area contributed by atoms with Gasteiger partial charge in [0, 0.05) is 35.6 Å². The number of urea groups is 1. The summed E-state index contributed by atoms with van der Waals surface area (Å²) in [5.41, 5.74) is 0.733. The topological polar surface area (TPSA) is 116 Å². The predicted octanol–water partition coefficient (Wildman–Crippen LogP) is 4.27. The van der Waals surface area contributed by atoms with Gasteiger partial charge in [0.05, 0.1) is 25.4 Å². The first-order valence-corrected chi connectivity index (χ1v) is 11.6. The molecule has 3 rings (SSSR count). The zero-order valence-corrected chi connectivity index (χ0v) is 20.8. The number of halogens is 4. The number of carbonyl (C=O) groups excluding carboxylic acids is 1. The van der Waals surface area contributed by atoms with E-state index in [1.165, 1.54) is 18.2 Å². The molecule has 1 saturated heterocycles. The number of nitrogens with zero attached hydrogens (tertiary/aromatic N) is 2. The summed E-state index contributed by atoms with van der Waals surface area (Å²) >= 11 is 0. The smallest absolute Gasteiger partial charge is 0.425 e. The minimum atomic E-state index is -4.75. The van der Waals surface area contributed by atoms with Crippen LogP contribution in [0.15, 0.2) is 18.3 Å². The number of aromatic nitrogens is 1. The van der Waals surface area contributed by atoms with Crippen LogP contribution in [0, 0.1) is 19.7 Å². The van der Waals surface area contributed by atoms with Crippen molar-refractivity contribution in [2.24, 2.45) is 0 Å². The van der Waals surface area contributed by atoms with E-state index in [9.17, 15) is 28.2 Å². The molecule has 204 valence electrons. The number of rotatable bonds is 8. The number of alkyl halides is 3. The highest BCUT2D eigenvalue weighted by molar-refractivity contribution is 5.90. The van der Waals surface area contributed by atoms with Gasteiger partial charge in [0.15, 0.2) is 12.3 Å². The number of hydrogen-bond acceptors (Lipinski definition) is 7. The zero-order valence-electron chi connectivity index (χ0n) is 20.8. The Morgan fingerprint density at radius 2 is 2.03 bits per heavy atom. The van der Waals surface area contributed by atoms with Crippen LogP contribution in [-0.2, 0) is 0 Å². The number of hydrogen-bond donors (Lipinski definition) is 4. The fourth-order valence-corrected chi connectivity index (χ4v) is 4.08. The van der Waals surface area contributed by atoms with Crippen molar-refractivity contribution in [3.63, 3.8) is 0 Å². The number of aryl methyl sites for hydroxylation is 1. The lowest BCUT2D eigenvalue weighted by Crippen LogP contribution is -2.40. The summed E-state index contributed by atoms with van der Waals surface area (Å²) in [6.45, 7) is 4.18. The fourth-order valence-electron chi connectivity index (χ4n) is 4.08. The summed E-state index contributed by atoms with van der Waals surface area (Å²) in [7, 11) is 1.41. The van der Waals surface area contributed by atoms with Gasteiger partial charge in [0.25, 0.3) is 0 Å². The van der Waals surface area contributed by atoms with Crippen LogP contribution in [0.1, 0.15) is 42.7 Å². The van der Waals surface area contributed by atoms with Crippen molar-refractivity contribution < 1.29 is 42.0 Å². The van der Waals surface area contributed by atoms with Crippen molar-refractivity contribution in [3.8, 4) is 11.6 Å². The monoisotopic (exact) mass is 530 g/mol. The Bertz CT molecular complexity index is 1130. The number of benzene rings is 1. The van der Waals surface area contributed by atoms with Crippen LogP contribution in [-0.4, -0.2) is 64.7 Å². The summed E-state index contributed by atoms with van der Waals surface area (Å²) in [5.74, 6) is -1.23. The molecule has 2 amide bonds. The van der Waals surface area contributed by atoms with Crippen LogP contribution >= 0.6 is 0 Å². The lowest BCUT2D eigenvalue weighted by Gasteiger charge is -2.26. The second-order valence-electron chi connectivity index (χ2n) is 8.77. The van der Waals surface area contributed by atoms with Gasteiger partial charge < -0.3 is 35.2 Å². The van der Waals surface area contributed by atoms with E-state index in [1.54, 1.807) is 13.8 Å². The van der Waals surface area contributed by atoms with Gasteiger partial charge in [0.1, 0.15) is 11.6 Å². The lowest BCUT2D eigenvalue weighted by atomic mass is 10.1. The summed E-state index contributed by atoms with van der Waals surface area (Å²) in [4.78, 5) is 18.1. The van der Waals surface area contributed by atoms with E-state index < -0.39 is 47.8 Å². The summed E-state index contributed by atoms with van der Waals surface area (Å²) < 4.78 is 65.2. The van der Waals surface area contributed by atoms with Gasteiger partial charge in [-0.1, -0.05) is 0 Å². The lowest BCUT2D eigenvalue weighted by molar-refractivity contribution is -0.189. The van der Waals surface area contributed by atoms with Crippen molar-refractivity contribution in [2.45, 2.75) is 58.2 Å². The second-order valence-corrected chi connectivity index (χ2v) is 8.77. The molecular formula is C24H30F4N4O5. The third-order valence-corrected chi connectivity index (χ3v) is 6.19. The van der Waals surface area contributed by atoms with Crippen LogP contribution in [0.5, 0.6) is 11.6 Å². The quantitative estimate of drug-likeness (QED) is 0.298. The number of anilines is 2. The number of nitrogens with one attached hydrogen (secondary N) is 2. The van der Waals surface area contributed by atoms with E-state index in [1.807, 2.05) is 0 Å². The maximum Gasteiger partial charge on any atom is 0.425 e. The Kier molecular flexibility index (Phi) is 8.69. The third-order valence-electron chi connectivity index (χ3n) is 6.19. The summed E-state index contributed by atoms with van der Waals surface area (Å²) in [5, 5.41) is 25.4. The molecule has 2 heterocycles. The SMILES string of the molecule is COc1ncc(C)c(NC(O)c2cc(F)c(NC(=O)N3CCC[C@@H]3CO)cc2OC(C)C(F)(F)F)c1C. The van der Waals surface area contributed by atoms with Gasteiger partial charge in [0.2, 0.25) is 5.88 Å². The number of methoxy groups -OCH3 is 1. The molecule has 2 unspecified atom stereocenters. The summed E-state index contributed by atoms with van der Waals surface area (Å²) in [6.07, 6.45) is -6.05. The maximum absolute atomic E-state index is 15.1. The van der Waals surface area contributed by atoms with Crippen LogP contribution in [0.2, 0.25) is 0 Å². The predicted molar refractivity (Wildman–Crippen MR) is 127 cm³/mol. The van der Waals surface area contributed by atoms with Gasteiger partial charge in [-0.3, -0.25) is 0 Å². The molecule has 3 atom stereocenters. The molecule has 13 heteroatoms. The minimum Gasteiger partial charge on any atom is -0.481 e. The molecule has 0 spiro atoms. The third kappa shape index (κ3) is 6.34. The van der Waals surface area contributed by atoms with Crippen molar-refractivity contribution in [3.05, 3.63) is 40.8 Å². The molecule has 0 bridgehead atoms. The molecule has 4 N–H and O–H groups in total. The van der Waals surface area contributed by atoms with Gasteiger partial charge in [-0.25, -0.2) is 14.2 Å². The van der Waals surface area contributed by atoms with E-state index in [-0.39, 0.29) is 18.1 Å². The normalized spacial score (nSPS) is 17.4. The number of aliphatic hydroxyl groups is 2. The van der Waals surface area contributed by atoms with E-state index in [4.69, 9.17) is 9.47 Å². The largest absolute Gasteiger partial charge is 0.481 e. The molecule has 0 radical (unpaired) electrons. The number of amides is 2. The zero-order chi connectivity index (χ0) is 27.5. The molecule has 0 saturated carbocycles. The Morgan fingerprint density at radius 3 is 2.65 bits per heavy atom. The average molecular weight is 531 g/mol. The number of ether oxygens (including phenoxy) is 2. The second kappa shape index (κ2) is 11.4. The molecule has 9 nitrogen and oxygen atoms in total. The highest BCUT2D eigenvalue weighted by atomic mass is 19.4. The van der Waals surface area contributed by atoms with Crippen molar-refractivity contribution in [2.75, 3.05) is 30.9 Å². The van der Waals surface area contributed by atoms with Crippen LogP contribution in [0.25, 0.3) is 0 Å². The van der Waals surface area contributed by atoms with Gasteiger partial charge in [-0.15, -0.1) is 0 Å². The van der Waals surface area contributed by atoms with E-state index in [0.717, 1.165) is 19.1 Å². The Balaban J connectivity index is 1.97. The Labute approximate surface area is 211 Å². The number of pyridine rings is 1. The number of aliphatic hydroxyl groups excluding tert-OH is 2. The van der Waals surface area contributed by atoms with E-state index in [0.29, 0.717) is 36.2 Å². The summed E-state index contributed by atoms with van der Waals surface area (Å²) in [6, 6.07) is 0.527. The van der Waals surface area contributed by atoms with E-state index >= 15 is 4.39 Å². The molecular weight excluding hydrogens is 500 g/mol. The molecule has 1 aliphatic heterocycles. The standard InChI is InChI=1S/C24H30F4N4O5/c1-12-10-29-22(36-4)13(2)20(12)31-21(34)16-8-17(25)18(9-19(16)37-14(3)24(26,27)28)30-23(35)32-7-5-6-15(32)11-33/h8-10,14-15,21,33-34H,5-7,11H2,1-4H3,(H,29,31)(H,30,35)/t14?,15-,21?/m1/s1. The van der Waals surface area contributed by atoms with Crippen LogP contribution in [0.3, 0.4) is 0 Å². The Morgan fingerprint density at radius 1 is 1.32 bits per heavy atom. The molecule has 0 aliphatic carbocycles. The first-order chi connectivity index (χ1) is 17.4. The number of likely N-dealkylation sites (tertiary alicyclic amines) is 1. The van der Waals surface area contributed by atoms with Gasteiger partial charge >= 0.3 is 12.2 Å². The number of carbonyl (C=O) groups is 1. The van der Waals surface area contributed by atoms with Crippen molar-refractivity contribution in [1.82, 2.24) is 9.88 Å². The maximum atomic E-state index is 15.1. The van der Waals surface area contributed by atoms with E-state index in [2.05, 4.69) is 15.6 Å².